The first-order chi connectivity index (χ1) is 40.0. The monoisotopic (exact) mass is 1140 g/mol. The molecule has 0 aromatic heterocycles. The molecule has 0 bridgehead atoms. The first kappa shape index (κ1) is 79.3. The molecule has 1 amide bonds. The van der Waals surface area contributed by atoms with Crippen LogP contribution in [0.25, 0.3) is 0 Å². The number of allylic oxidation sites excluding steroid dienone is 4. The van der Waals surface area contributed by atoms with E-state index >= 15 is 0 Å². The molecule has 2 atom stereocenters. The summed E-state index contributed by atoms with van der Waals surface area (Å²) in [6.07, 6.45) is 89.5. The SMILES string of the molecule is CCCCCCCCC/C=C\CCCCCCCCCC(=O)OCCCCCCCCCCCCCC/C=C\CCCCCCCCCCCCC(=O)NC(CO)C(O)CCCCCCCCCCCCCCCCCCCCCC. The highest BCUT2D eigenvalue weighted by Crippen LogP contribution is 2.19. The molecular weight excluding hydrogens is 995 g/mol. The van der Waals surface area contributed by atoms with Gasteiger partial charge in [-0.05, 0) is 77.0 Å². The van der Waals surface area contributed by atoms with Gasteiger partial charge in [-0.15, -0.1) is 0 Å². The number of carbonyl (C=O) groups excluding carboxylic acids is 2. The van der Waals surface area contributed by atoms with E-state index in [4.69, 9.17) is 4.74 Å². The predicted molar refractivity (Wildman–Crippen MR) is 356 cm³/mol. The molecule has 6 nitrogen and oxygen atoms in total. The van der Waals surface area contributed by atoms with Crippen molar-refractivity contribution in [2.45, 2.75) is 431 Å². The molecular formula is C75H145NO5. The molecule has 0 rings (SSSR count). The summed E-state index contributed by atoms with van der Waals surface area (Å²) in [5, 5.41) is 23.4. The van der Waals surface area contributed by atoms with Gasteiger partial charge in [0, 0.05) is 12.8 Å². The van der Waals surface area contributed by atoms with Crippen LogP contribution in [0.15, 0.2) is 24.3 Å². The van der Waals surface area contributed by atoms with Crippen molar-refractivity contribution in [2.24, 2.45) is 0 Å². The normalized spacial score (nSPS) is 12.6. The third kappa shape index (κ3) is 67.3. The van der Waals surface area contributed by atoms with Crippen molar-refractivity contribution >= 4 is 11.9 Å². The van der Waals surface area contributed by atoms with Crippen molar-refractivity contribution < 1.29 is 24.5 Å². The number of hydrogen-bond donors (Lipinski definition) is 3. The molecule has 0 fully saturated rings. The maximum absolute atomic E-state index is 12.5. The number of carbonyl (C=O) groups is 2. The van der Waals surface area contributed by atoms with Crippen molar-refractivity contribution in [3.05, 3.63) is 24.3 Å². The fourth-order valence-corrected chi connectivity index (χ4v) is 11.8. The molecule has 0 saturated heterocycles. The Morgan fingerprint density at radius 3 is 0.877 bits per heavy atom. The lowest BCUT2D eigenvalue weighted by Gasteiger charge is -2.22. The number of rotatable bonds is 70. The van der Waals surface area contributed by atoms with E-state index < -0.39 is 12.1 Å². The molecule has 2 unspecified atom stereocenters. The summed E-state index contributed by atoms with van der Waals surface area (Å²) in [6.45, 7) is 4.99. The van der Waals surface area contributed by atoms with Gasteiger partial charge in [0.2, 0.25) is 5.91 Å². The molecule has 0 aromatic rings. The molecule has 0 heterocycles. The van der Waals surface area contributed by atoms with E-state index in [9.17, 15) is 19.8 Å². The number of unbranched alkanes of at least 4 members (excludes halogenated alkanes) is 55. The van der Waals surface area contributed by atoms with Crippen LogP contribution in [0, 0.1) is 0 Å². The fourth-order valence-electron chi connectivity index (χ4n) is 11.8. The highest BCUT2D eigenvalue weighted by molar-refractivity contribution is 5.76. The van der Waals surface area contributed by atoms with Crippen LogP contribution in [0.5, 0.6) is 0 Å². The van der Waals surface area contributed by atoms with Crippen LogP contribution in [0.4, 0.5) is 0 Å². The topological polar surface area (TPSA) is 95.9 Å². The number of esters is 1. The number of aliphatic hydroxyl groups is 2. The van der Waals surface area contributed by atoms with E-state index in [2.05, 4.69) is 43.5 Å². The molecule has 0 aromatic carbocycles. The van der Waals surface area contributed by atoms with Crippen molar-refractivity contribution in [2.75, 3.05) is 13.2 Å². The lowest BCUT2D eigenvalue weighted by Crippen LogP contribution is -2.45. The number of hydrogen-bond acceptors (Lipinski definition) is 5. The Bertz CT molecular complexity index is 1270. The molecule has 6 heteroatoms. The second-order valence-electron chi connectivity index (χ2n) is 25.6. The van der Waals surface area contributed by atoms with Gasteiger partial charge in [-0.25, -0.2) is 0 Å². The summed E-state index contributed by atoms with van der Waals surface area (Å²) < 4.78 is 5.51. The Kier molecular flexibility index (Phi) is 69.4. The van der Waals surface area contributed by atoms with Gasteiger partial charge in [0.1, 0.15) is 0 Å². The Hall–Kier alpha value is -1.66. The predicted octanol–water partition coefficient (Wildman–Crippen LogP) is 24.1. The molecule has 0 aliphatic heterocycles. The minimum absolute atomic E-state index is 0.0124. The minimum atomic E-state index is -0.666. The van der Waals surface area contributed by atoms with Crippen LogP contribution < -0.4 is 5.32 Å². The first-order valence-corrected chi connectivity index (χ1v) is 37.1. The fraction of sp³-hybridized carbons (Fsp3) is 0.920. The molecule has 0 saturated carbocycles. The summed E-state index contributed by atoms with van der Waals surface area (Å²) >= 11 is 0. The van der Waals surface area contributed by atoms with Crippen molar-refractivity contribution in [3.8, 4) is 0 Å². The van der Waals surface area contributed by atoms with E-state index in [1.165, 1.54) is 340 Å². The zero-order valence-electron chi connectivity index (χ0n) is 55.0. The van der Waals surface area contributed by atoms with E-state index in [-0.39, 0.29) is 18.5 Å². The third-order valence-corrected chi connectivity index (χ3v) is 17.5. The largest absolute Gasteiger partial charge is 0.466 e. The zero-order chi connectivity index (χ0) is 58.5. The number of aliphatic hydroxyl groups excluding tert-OH is 2. The number of ether oxygens (including phenoxy) is 1. The van der Waals surface area contributed by atoms with Crippen molar-refractivity contribution in [1.29, 1.82) is 0 Å². The van der Waals surface area contributed by atoms with Crippen molar-refractivity contribution in [3.63, 3.8) is 0 Å². The summed E-state index contributed by atoms with van der Waals surface area (Å²) in [4.78, 5) is 24.7. The molecule has 0 radical (unpaired) electrons. The summed E-state index contributed by atoms with van der Waals surface area (Å²) in [6, 6.07) is -0.544. The summed E-state index contributed by atoms with van der Waals surface area (Å²) in [5.74, 6) is -0.0200. The summed E-state index contributed by atoms with van der Waals surface area (Å²) in [5.41, 5.74) is 0. The lowest BCUT2D eigenvalue weighted by atomic mass is 10.0. The van der Waals surface area contributed by atoms with Crippen molar-refractivity contribution in [1.82, 2.24) is 5.32 Å². The second-order valence-corrected chi connectivity index (χ2v) is 25.6. The van der Waals surface area contributed by atoms with E-state index in [0.717, 1.165) is 44.9 Å². The van der Waals surface area contributed by atoms with Crippen LogP contribution in [-0.2, 0) is 14.3 Å². The smallest absolute Gasteiger partial charge is 0.305 e. The van der Waals surface area contributed by atoms with Gasteiger partial charge in [-0.3, -0.25) is 9.59 Å². The average molecular weight is 1140 g/mol. The molecule has 0 aliphatic rings. The van der Waals surface area contributed by atoms with Gasteiger partial charge in [0.05, 0.1) is 25.4 Å². The van der Waals surface area contributed by atoms with Crippen LogP contribution in [0.3, 0.4) is 0 Å². The number of nitrogens with one attached hydrogen (secondary N) is 1. The summed E-state index contributed by atoms with van der Waals surface area (Å²) in [7, 11) is 0. The number of amides is 1. The van der Waals surface area contributed by atoms with Crippen LogP contribution in [0.2, 0.25) is 0 Å². The highest BCUT2D eigenvalue weighted by Gasteiger charge is 2.20. The average Bonchev–Trinajstić information content (AvgIpc) is 3.47. The highest BCUT2D eigenvalue weighted by atomic mass is 16.5. The van der Waals surface area contributed by atoms with Gasteiger partial charge < -0.3 is 20.3 Å². The quantitative estimate of drug-likeness (QED) is 0.0320. The molecule has 3 N–H and O–H groups in total. The van der Waals surface area contributed by atoms with Gasteiger partial charge in [-0.2, -0.15) is 0 Å². The molecule has 81 heavy (non-hydrogen) atoms. The van der Waals surface area contributed by atoms with Crippen LogP contribution in [0.1, 0.15) is 418 Å². The first-order valence-electron chi connectivity index (χ1n) is 37.1. The van der Waals surface area contributed by atoms with Gasteiger partial charge in [0.15, 0.2) is 0 Å². The molecule has 0 aliphatic carbocycles. The van der Waals surface area contributed by atoms with Gasteiger partial charge >= 0.3 is 5.97 Å². The third-order valence-electron chi connectivity index (χ3n) is 17.5. The Balaban J connectivity index is 3.38. The molecule has 0 spiro atoms. The van der Waals surface area contributed by atoms with Crippen LogP contribution >= 0.6 is 0 Å². The Labute approximate surface area is 507 Å². The minimum Gasteiger partial charge on any atom is -0.466 e. The standard InChI is InChI=1S/C75H145NO5/c1-3-5-7-9-11-13-15-17-19-21-23-32-35-39-43-47-51-55-59-63-67-73(78)72(71-77)76-74(79)68-64-60-56-52-48-44-40-36-33-30-28-26-24-25-27-29-31-34-38-42-46-50-54-58-62-66-70-81-75(80)69-65-61-57-53-49-45-41-37-22-20-18-16-14-12-10-8-6-4-2/h20,22,24,26,72-73,77-78H,3-19,21,23,25,27-71H2,1-2H3,(H,76,79)/b22-20-,26-24-. The van der Waals surface area contributed by atoms with E-state index in [0.29, 0.717) is 25.9 Å². The lowest BCUT2D eigenvalue weighted by molar-refractivity contribution is -0.143. The van der Waals surface area contributed by atoms with E-state index in [1.807, 2.05) is 0 Å². The van der Waals surface area contributed by atoms with Crippen LogP contribution in [-0.4, -0.2) is 47.4 Å². The zero-order valence-corrected chi connectivity index (χ0v) is 55.0. The Morgan fingerprint density at radius 1 is 0.333 bits per heavy atom. The van der Waals surface area contributed by atoms with Gasteiger partial charge in [-0.1, -0.05) is 353 Å². The maximum atomic E-state index is 12.5. The molecule has 480 valence electrons. The van der Waals surface area contributed by atoms with Gasteiger partial charge in [0.25, 0.3) is 0 Å². The van der Waals surface area contributed by atoms with E-state index in [1.54, 1.807) is 0 Å². The Morgan fingerprint density at radius 2 is 0.580 bits per heavy atom. The second kappa shape index (κ2) is 70.8. The maximum Gasteiger partial charge on any atom is 0.305 e.